The lowest BCUT2D eigenvalue weighted by atomic mass is 9.92. The van der Waals surface area contributed by atoms with Crippen LogP contribution in [0, 0.1) is 21.3 Å². The summed E-state index contributed by atoms with van der Waals surface area (Å²) in [5, 5.41) is 23.2. The molecule has 1 atom stereocenters. The standard InChI is InChI=1S/C12H14FN5O2/c1-6-11(16-15-2)10(14)8-4-7(13)5-9(18(19)20)12(8)17(6)3/h4-6,14-15H,1-3H3/b14-10?,16-11-. The summed E-state index contributed by atoms with van der Waals surface area (Å²) in [4.78, 5) is 12.1. The van der Waals surface area contributed by atoms with Gasteiger partial charge in [0.05, 0.1) is 22.7 Å². The highest BCUT2D eigenvalue weighted by Gasteiger charge is 2.36. The highest BCUT2D eigenvalue weighted by atomic mass is 19.1. The number of hydrogen-bond donors (Lipinski definition) is 2. The summed E-state index contributed by atoms with van der Waals surface area (Å²) in [7, 11) is 3.25. The molecule has 1 heterocycles. The maximum atomic E-state index is 13.6. The van der Waals surface area contributed by atoms with Crippen molar-refractivity contribution in [2.75, 3.05) is 19.0 Å². The molecule has 2 N–H and O–H groups in total. The van der Waals surface area contributed by atoms with Gasteiger partial charge in [-0.05, 0) is 13.0 Å². The molecule has 2 rings (SSSR count). The number of hydrogen-bond acceptors (Lipinski definition) is 6. The lowest BCUT2D eigenvalue weighted by Gasteiger charge is -2.34. The molecule has 0 fully saturated rings. The fourth-order valence-electron chi connectivity index (χ4n) is 2.28. The Bertz CT molecular complexity index is 629. The van der Waals surface area contributed by atoms with Crippen LogP contribution in [0.1, 0.15) is 12.5 Å². The van der Waals surface area contributed by atoms with Crippen LogP contribution in [-0.2, 0) is 0 Å². The fourth-order valence-corrected chi connectivity index (χ4v) is 2.28. The molecule has 0 bridgehead atoms. The van der Waals surface area contributed by atoms with Gasteiger partial charge in [-0.3, -0.25) is 15.5 Å². The first-order chi connectivity index (χ1) is 9.38. The van der Waals surface area contributed by atoms with Crippen molar-refractivity contribution in [1.29, 1.82) is 5.41 Å². The molecule has 1 aromatic rings. The van der Waals surface area contributed by atoms with E-state index in [4.69, 9.17) is 5.41 Å². The third kappa shape index (κ3) is 1.98. The monoisotopic (exact) mass is 279 g/mol. The average Bonchev–Trinajstić information content (AvgIpc) is 2.40. The lowest BCUT2D eigenvalue weighted by Crippen LogP contribution is -2.46. The number of fused-ring (bicyclic) bond motifs is 1. The third-order valence-corrected chi connectivity index (χ3v) is 3.34. The van der Waals surface area contributed by atoms with Crippen LogP contribution in [0.4, 0.5) is 15.8 Å². The van der Waals surface area contributed by atoms with Crippen molar-refractivity contribution in [3.8, 4) is 0 Å². The van der Waals surface area contributed by atoms with E-state index in [9.17, 15) is 14.5 Å². The predicted octanol–water partition coefficient (Wildman–Crippen LogP) is 1.52. The third-order valence-electron chi connectivity index (χ3n) is 3.34. The van der Waals surface area contributed by atoms with Crippen molar-refractivity contribution in [3.63, 3.8) is 0 Å². The number of rotatable bonds is 2. The first-order valence-electron chi connectivity index (χ1n) is 5.92. The maximum absolute atomic E-state index is 13.6. The first-order valence-corrected chi connectivity index (χ1v) is 5.92. The summed E-state index contributed by atoms with van der Waals surface area (Å²) in [6, 6.07) is 1.67. The van der Waals surface area contributed by atoms with Crippen molar-refractivity contribution < 1.29 is 9.31 Å². The summed E-state index contributed by atoms with van der Waals surface area (Å²) in [5.41, 5.74) is 3.06. The van der Waals surface area contributed by atoms with Gasteiger partial charge < -0.3 is 10.3 Å². The van der Waals surface area contributed by atoms with E-state index in [1.54, 1.807) is 25.9 Å². The van der Waals surface area contributed by atoms with Crippen molar-refractivity contribution >= 4 is 22.8 Å². The molecule has 0 saturated heterocycles. The predicted molar refractivity (Wildman–Crippen MR) is 74.2 cm³/mol. The second kappa shape index (κ2) is 4.87. The van der Waals surface area contributed by atoms with Gasteiger partial charge in [0.2, 0.25) is 0 Å². The zero-order valence-corrected chi connectivity index (χ0v) is 11.3. The normalized spacial score (nSPS) is 20.0. The van der Waals surface area contributed by atoms with Crippen molar-refractivity contribution in [2.24, 2.45) is 5.10 Å². The molecule has 0 saturated carbocycles. The summed E-state index contributed by atoms with van der Waals surface area (Å²) in [5.74, 6) is -0.744. The van der Waals surface area contributed by atoms with E-state index in [0.717, 1.165) is 12.1 Å². The zero-order chi connectivity index (χ0) is 15.0. The van der Waals surface area contributed by atoms with Crippen LogP contribution in [0.2, 0.25) is 0 Å². The molecule has 0 radical (unpaired) electrons. The Morgan fingerprint density at radius 3 is 2.75 bits per heavy atom. The molecule has 1 unspecified atom stereocenters. The highest BCUT2D eigenvalue weighted by molar-refractivity contribution is 6.51. The minimum atomic E-state index is -0.744. The van der Waals surface area contributed by atoms with Crippen molar-refractivity contribution in [3.05, 3.63) is 33.6 Å². The largest absolute Gasteiger partial charge is 0.360 e. The van der Waals surface area contributed by atoms with Gasteiger partial charge in [-0.2, -0.15) is 5.10 Å². The number of hydrazone groups is 1. The number of nitro benzene ring substituents is 1. The van der Waals surface area contributed by atoms with E-state index in [1.807, 2.05) is 0 Å². The molecule has 0 amide bonds. The molecule has 7 nitrogen and oxygen atoms in total. The number of halogens is 1. The minimum absolute atomic E-state index is 0.0115. The molecular weight excluding hydrogens is 265 g/mol. The number of nitro groups is 1. The molecule has 0 aromatic heterocycles. The number of benzene rings is 1. The number of nitrogens with one attached hydrogen (secondary N) is 2. The second-order valence-corrected chi connectivity index (χ2v) is 4.46. The molecule has 0 aliphatic carbocycles. The molecular formula is C12H14FN5O2. The molecule has 20 heavy (non-hydrogen) atoms. The van der Waals surface area contributed by atoms with Crippen LogP contribution in [0.3, 0.4) is 0 Å². The van der Waals surface area contributed by atoms with Crippen LogP contribution in [0.15, 0.2) is 17.2 Å². The molecule has 106 valence electrons. The van der Waals surface area contributed by atoms with E-state index >= 15 is 0 Å². The Morgan fingerprint density at radius 2 is 2.20 bits per heavy atom. The van der Waals surface area contributed by atoms with E-state index in [1.165, 1.54) is 0 Å². The van der Waals surface area contributed by atoms with Crippen LogP contribution in [-0.4, -0.2) is 36.5 Å². The topological polar surface area (TPSA) is 94.6 Å². The zero-order valence-electron chi connectivity index (χ0n) is 11.3. The van der Waals surface area contributed by atoms with Gasteiger partial charge in [-0.15, -0.1) is 0 Å². The summed E-state index contributed by atoms with van der Waals surface area (Å²) >= 11 is 0. The van der Waals surface area contributed by atoms with Crippen LogP contribution < -0.4 is 10.3 Å². The summed E-state index contributed by atoms with van der Waals surface area (Å²) < 4.78 is 13.6. The molecule has 1 aliphatic rings. The molecule has 1 aliphatic heterocycles. The van der Waals surface area contributed by atoms with E-state index in [-0.39, 0.29) is 28.7 Å². The smallest absolute Gasteiger partial charge is 0.296 e. The second-order valence-electron chi connectivity index (χ2n) is 4.46. The Balaban J connectivity index is 2.75. The maximum Gasteiger partial charge on any atom is 0.296 e. The van der Waals surface area contributed by atoms with Gasteiger partial charge in [0.25, 0.3) is 5.69 Å². The van der Waals surface area contributed by atoms with Gasteiger partial charge in [0.15, 0.2) is 0 Å². The van der Waals surface area contributed by atoms with Crippen molar-refractivity contribution in [2.45, 2.75) is 13.0 Å². The number of anilines is 1. The number of nitrogens with zero attached hydrogens (tertiary/aromatic N) is 3. The minimum Gasteiger partial charge on any atom is -0.360 e. The fraction of sp³-hybridized carbons (Fsp3) is 0.333. The van der Waals surface area contributed by atoms with Gasteiger partial charge >= 0.3 is 0 Å². The van der Waals surface area contributed by atoms with Gasteiger partial charge in [0, 0.05) is 19.7 Å². The van der Waals surface area contributed by atoms with E-state index in [0.29, 0.717) is 5.71 Å². The van der Waals surface area contributed by atoms with E-state index < -0.39 is 10.7 Å². The Morgan fingerprint density at radius 1 is 1.55 bits per heavy atom. The van der Waals surface area contributed by atoms with Crippen molar-refractivity contribution in [1.82, 2.24) is 5.43 Å². The summed E-state index contributed by atoms with van der Waals surface area (Å²) in [6.45, 7) is 1.78. The Labute approximate surface area is 114 Å². The van der Waals surface area contributed by atoms with Gasteiger partial charge in [-0.25, -0.2) is 4.39 Å². The highest BCUT2D eigenvalue weighted by Crippen LogP contribution is 2.37. The van der Waals surface area contributed by atoms with Crippen LogP contribution >= 0.6 is 0 Å². The molecule has 0 spiro atoms. The van der Waals surface area contributed by atoms with E-state index in [2.05, 4.69) is 10.5 Å². The van der Waals surface area contributed by atoms with Crippen LogP contribution in [0.25, 0.3) is 0 Å². The van der Waals surface area contributed by atoms with Gasteiger partial charge in [-0.1, -0.05) is 0 Å². The lowest BCUT2D eigenvalue weighted by molar-refractivity contribution is -0.384. The first kappa shape index (κ1) is 13.9. The SMILES string of the molecule is CN/N=C1\C(=N)c2cc(F)cc([N+](=O)[O-])c2N(C)C1C. The van der Waals surface area contributed by atoms with Crippen LogP contribution in [0.5, 0.6) is 0 Å². The average molecular weight is 279 g/mol. The summed E-state index contributed by atoms with van der Waals surface area (Å²) in [6.07, 6.45) is 0. The Kier molecular flexibility index (Phi) is 3.39. The quantitative estimate of drug-likeness (QED) is 0.633. The Hall–Kier alpha value is -2.51. The van der Waals surface area contributed by atoms with Gasteiger partial charge in [0.1, 0.15) is 17.2 Å². The molecule has 8 heteroatoms. The molecule has 1 aromatic carbocycles.